The number of ether oxygens (including phenoxy) is 1. The predicted molar refractivity (Wildman–Crippen MR) is 57.6 cm³/mol. The number of aryl methyl sites for hydroxylation is 1. The molecule has 1 aliphatic rings. The fourth-order valence-corrected chi connectivity index (χ4v) is 2.55. The van der Waals surface area contributed by atoms with E-state index < -0.39 is 0 Å². The summed E-state index contributed by atoms with van der Waals surface area (Å²) in [6, 6.07) is 2.15. The molecule has 3 heteroatoms. The molecular weight excluding hydrogens is 196 g/mol. The molecule has 2 heterocycles. The van der Waals surface area contributed by atoms with Crippen molar-refractivity contribution < 1.29 is 9.84 Å². The summed E-state index contributed by atoms with van der Waals surface area (Å²) in [4.78, 5) is 0. The number of hydrogen-bond acceptors (Lipinski definition) is 3. The highest BCUT2D eigenvalue weighted by Crippen LogP contribution is 2.20. The van der Waals surface area contributed by atoms with Crippen molar-refractivity contribution >= 4 is 11.3 Å². The Morgan fingerprint density at radius 3 is 3.21 bits per heavy atom. The number of aliphatic hydroxyl groups excluding tert-OH is 1. The van der Waals surface area contributed by atoms with Crippen LogP contribution in [0.15, 0.2) is 16.8 Å². The summed E-state index contributed by atoms with van der Waals surface area (Å²) < 4.78 is 5.37. The van der Waals surface area contributed by atoms with Gasteiger partial charge in [-0.15, -0.1) is 0 Å². The molecule has 0 amide bonds. The Labute approximate surface area is 88.5 Å². The minimum Gasteiger partial charge on any atom is -0.393 e. The second-order valence-electron chi connectivity index (χ2n) is 3.86. The van der Waals surface area contributed by atoms with Crippen molar-refractivity contribution in [2.45, 2.75) is 25.4 Å². The molecular formula is C11H16O2S. The zero-order valence-electron chi connectivity index (χ0n) is 8.19. The first-order chi connectivity index (χ1) is 6.86. The molecule has 2 nitrogen and oxygen atoms in total. The Morgan fingerprint density at radius 2 is 2.50 bits per heavy atom. The molecule has 0 saturated carbocycles. The van der Waals surface area contributed by atoms with Gasteiger partial charge in [-0.25, -0.2) is 0 Å². The molecule has 0 aromatic carbocycles. The maximum absolute atomic E-state index is 9.72. The molecule has 0 aliphatic carbocycles. The lowest BCUT2D eigenvalue weighted by Gasteiger charge is -2.27. The summed E-state index contributed by atoms with van der Waals surface area (Å²) in [5, 5.41) is 14.0. The Bertz CT molecular complexity index is 258. The molecule has 1 saturated heterocycles. The Balaban J connectivity index is 1.79. The summed E-state index contributed by atoms with van der Waals surface area (Å²) in [7, 11) is 0. The normalized spacial score (nSPS) is 27.8. The summed E-state index contributed by atoms with van der Waals surface area (Å²) in [6.07, 6.45) is 2.75. The van der Waals surface area contributed by atoms with E-state index in [9.17, 15) is 5.11 Å². The van der Waals surface area contributed by atoms with Gasteiger partial charge in [0, 0.05) is 12.5 Å². The van der Waals surface area contributed by atoms with Crippen LogP contribution in [-0.4, -0.2) is 24.4 Å². The first-order valence-corrected chi connectivity index (χ1v) is 6.07. The fraction of sp³-hybridized carbons (Fsp3) is 0.636. The van der Waals surface area contributed by atoms with Crippen molar-refractivity contribution in [1.82, 2.24) is 0 Å². The molecule has 1 aliphatic heterocycles. The number of thiophene rings is 1. The van der Waals surface area contributed by atoms with Gasteiger partial charge < -0.3 is 9.84 Å². The van der Waals surface area contributed by atoms with E-state index in [0.29, 0.717) is 5.92 Å². The lowest BCUT2D eigenvalue weighted by Crippen LogP contribution is -2.32. The molecule has 1 N–H and O–H groups in total. The Morgan fingerprint density at radius 1 is 1.57 bits per heavy atom. The van der Waals surface area contributed by atoms with Gasteiger partial charge in [0.25, 0.3) is 0 Å². The highest BCUT2D eigenvalue weighted by molar-refractivity contribution is 7.07. The Kier molecular flexibility index (Phi) is 3.56. The topological polar surface area (TPSA) is 29.5 Å². The third kappa shape index (κ3) is 2.56. The highest BCUT2D eigenvalue weighted by atomic mass is 32.1. The minimum absolute atomic E-state index is 0.151. The minimum atomic E-state index is -0.151. The third-order valence-electron chi connectivity index (χ3n) is 2.82. The van der Waals surface area contributed by atoms with E-state index in [-0.39, 0.29) is 6.10 Å². The van der Waals surface area contributed by atoms with E-state index >= 15 is 0 Å². The number of rotatable bonds is 3. The lowest BCUT2D eigenvalue weighted by atomic mass is 9.92. The first kappa shape index (κ1) is 10.1. The highest BCUT2D eigenvalue weighted by Gasteiger charge is 2.23. The van der Waals surface area contributed by atoms with E-state index in [4.69, 9.17) is 4.74 Å². The summed E-state index contributed by atoms with van der Waals surface area (Å²) in [5.41, 5.74) is 1.38. The molecule has 2 atom stereocenters. The van der Waals surface area contributed by atoms with E-state index in [1.807, 2.05) is 0 Å². The quantitative estimate of drug-likeness (QED) is 0.831. The van der Waals surface area contributed by atoms with E-state index in [2.05, 4.69) is 16.8 Å². The summed E-state index contributed by atoms with van der Waals surface area (Å²) in [5.74, 6) is 0.337. The van der Waals surface area contributed by atoms with Crippen molar-refractivity contribution in [1.29, 1.82) is 0 Å². The van der Waals surface area contributed by atoms with Gasteiger partial charge in [-0.1, -0.05) is 0 Å². The molecule has 2 rings (SSSR count). The van der Waals surface area contributed by atoms with Gasteiger partial charge in [0.2, 0.25) is 0 Å². The molecule has 0 radical (unpaired) electrons. The van der Waals surface area contributed by atoms with Gasteiger partial charge >= 0.3 is 0 Å². The lowest BCUT2D eigenvalue weighted by molar-refractivity contribution is -0.0380. The van der Waals surface area contributed by atoms with Gasteiger partial charge in [0.05, 0.1) is 12.7 Å². The van der Waals surface area contributed by atoms with Gasteiger partial charge in [0.1, 0.15) is 0 Å². The van der Waals surface area contributed by atoms with E-state index in [1.54, 1.807) is 11.3 Å². The smallest absolute Gasteiger partial charge is 0.0612 e. The molecule has 78 valence electrons. The van der Waals surface area contributed by atoms with Gasteiger partial charge in [-0.3, -0.25) is 0 Å². The summed E-state index contributed by atoms with van der Waals surface area (Å²) >= 11 is 1.73. The predicted octanol–water partition coefficient (Wildman–Crippen LogP) is 2.08. The van der Waals surface area contributed by atoms with Crippen molar-refractivity contribution in [2.24, 2.45) is 5.92 Å². The fourth-order valence-electron chi connectivity index (χ4n) is 1.85. The van der Waals surface area contributed by atoms with Gasteiger partial charge in [-0.05, 0) is 41.7 Å². The maximum Gasteiger partial charge on any atom is 0.0612 e. The SMILES string of the molecule is OC1CCOCC1CCc1ccsc1. The van der Waals surface area contributed by atoms with Crippen molar-refractivity contribution in [3.63, 3.8) is 0 Å². The third-order valence-corrected chi connectivity index (χ3v) is 3.55. The van der Waals surface area contributed by atoms with Gasteiger partial charge in [0.15, 0.2) is 0 Å². The molecule has 0 bridgehead atoms. The zero-order valence-corrected chi connectivity index (χ0v) is 9.00. The second-order valence-corrected chi connectivity index (χ2v) is 4.64. The standard InChI is InChI=1S/C11H16O2S/c12-11-3-5-13-7-10(11)2-1-9-4-6-14-8-9/h4,6,8,10-12H,1-3,5,7H2. The number of hydrogen-bond donors (Lipinski definition) is 1. The van der Waals surface area contributed by atoms with Crippen molar-refractivity contribution in [2.75, 3.05) is 13.2 Å². The molecule has 1 fully saturated rings. The monoisotopic (exact) mass is 212 g/mol. The van der Waals surface area contributed by atoms with Crippen molar-refractivity contribution in [3.05, 3.63) is 22.4 Å². The largest absolute Gasteiger partial charge is 0.393 e. The number of aliphatic hydroxyl groups is 1. The van der Waals surface area contributed by atoms with Crippen LogP contribution < -0.4 is 0 Å². The molecule has 1 aromatic heterocycles. The van der Waals surface area contributed by atoms with Crippen LogP contribution in [0.2, 0.25) is 0 Å². The van der Waals surface area contributed by atoms with Crippen molar-refractivity contribution in [3.8, 4) is 0 Å². The molecule has 1 aromatic rings. The van der Waals surface area contributed by atoms with Crippen LogP contribution in [0.3, 0.4) is 0 Å². The van der Waals surface area contributed by atoms with Crippen LogP contribution in [0.25, 0.3) is 0 Å². The van der Waals surface area contributed by atoms with E-state index in [0.717, 1.165) is 32.5 Å². The van der Waals surface area contributed by atoms with Crippen LogP contribution in [0.5, 0.6) is 0 Å². The van der Waals surface area contributed by atoms with Crippen LogP contribution in [0.4, 0.5) is 0 Å². The first-order valence-electron chi connectivity index (χ1n) is 5.13. The van der Waals surface area contributed by atoms with Gasteiger partial charge in [-0.2, -0.15) is 11.3 Å². The maximum atomic E-state index is 9.72. The van der Waals surface area contributed by atoms with Crippen LogP contribution >= 0.6 is 11.3 Å². The average molecular weight is 212 g/mol. The Hall–Kier alpha value is -0.380. The van der Waals surface area contributed by atoms with Crippen LogP contribution in [0, 0.1) is 5.92 Å². The van der Waals surface area contributed by atoms with E-state index in [1.165, 1.54) is 5.56 Å². The zero-order chi connectivity index (χ0) is 9.80. The van der Waals surface area contributed by atoms with Crippen LogP contribution in [0.1, 0.15) is 18.4 Å². The molecule has 0 spiro atoms. The molecule has 14 heavy (non-hydrogen) atoms. The molecule has 2 unspecified atom stereocenters. The van der Waals surface area contributed by atoms with Crippen LogP contribution in [-0.2, 0) is 11.2 Å². The summed E-state index contributed by atoms with van der Waals surface area (Å²) in [6.45, 7) is 1.45. The average Bonchev–Trinajstić information content (AvgIpc) is 2.69. The second kappa shape index (κ2) is 4.91.